The van der Waals surface area contributed by atoms with E-state index in [4.69, 9.17) is 5.84 Å². The van der Waals surface area contributed by atoms with Crippen LogP contribution in [0, 0.1) is 13.8 Å². The van der Waals surface area contributed by atoms with Gasteiger partial charge in [0.2, 0.25) is 0 Å². The van der Waals surface area contributed by atoms with Crippen molar-refractivity contribution >= 4 is 11.7 Å². The molecular formula is C14H17N5O. The zero-order valence-corrected chi connectivity index (χ0v) is 11.5. The fourth-order valence-corrected chi connectivity index (χ4v) is 1.84. The predicted molar refractivity (Wildman–Crippen MR) is 76.9 cm³/mol. The van der Waals surface area contributed by atoms with E-state index in [-0.39, 0.29) is 5.91 Å². The van der Waals surface area contributed by atoms with Gasteiger partial charge in [0.15, 0.2) is 0 Å². The van der Waals surface area contributed by atoms with Crippen molar-refractivity contribution in [1.29, 1.82) is 0 Å². The molecule has 0 atom stereocenters. The lowest BCUT2D eigenvalue weighted by Crippen LogP contribution is -2.24. The molecule has 0 fully saturated rings. The molecule has 20 heavy (non-hydrogen) atoms. The molecule has 6 nitrogen and oxygen atoms in total. The Labute approximate surface area is 117 Å². The molecule has 2 rings (SSSR count). The smallest absolute Gasteiger partial charge is 0.251 e. The molecule has 104 valence electrons. The van der Waals surface area contributed by atoms with E-state index in [9.17, 15) is 4.79 Å². The second-order valence-corrected chi connectivity index (χ2v) is 4.48. The van der Waals surface area contributed by atoms with Gasteiger partial charge in [-0.25, -0.2) is 10.8 Å². The van der Waals surface area contributed by atoms with E-state index in [1.54, 1.807) is 25.3 Å². The molecule has 0 saturated heterocycles. The van der Waals surface area contributed by atoms with Crippen molar-refractivity contribution < 1.29 is 4.79 Å². The third-order valence-corrected chi connectivity index (χ3v) is 2.90. The zero-order chi connectivity index (χ0) is 14.5. The number of hydrogen-bond acceptors (Lipinski definition) is 5. The summed E-state index contributed by atoms with van der Waals surface area (Å²) in [4.78, 5) is 20.5. The lowest BCUT2D eigenvalue weighted by Gasteiger charge is -2.08. The Morgan fingerprint density at radius 2 is 2.15 bits per heavy atom. The van der Waals surface area contributed by atoms with Crippen molar-refractivity contribution in [2.45, 2.75) is 20.4 Å². The maximum atomic E-state index is 12.1. The van der Waals surface area contributed by atoms with Gasteiger partial charge in [-0.15, -0.1) is 0 Å². The first-order valence-corrected chi connectivity index (χ1v) is 6.24. The van der Waals surface area contributed by atoms with Crippen LogP contribution in [0.3, 0.4) is 0 Å². The average molecular weight is 271 g/mol. The Morgan fingerprint density at radius 1 is 1.35 bits per heavy atom. The van der Waals surface area contributed by atoms with Crippen molar-refractivity contribution in [3.05, 3.63) is 53.0 Å². The minimum atomic E-state index is -0.183. The summed E-state index contributed by atoms with van der Waals surface area (Å²) in [5, 5.41) is 2.84. The van der Waals surface area contributed by atoms with Crippen LogP contribution >= 0.6 is 0 Å². The van der Waals surface area contributed by atoms with E-state index in [1.165, 1.54) is 0 Å². The number of nitrogens with two attached hydrogens (primary N) is 1. The SMILES string of the molecule is Cc1cc(C(=O)NCc2ncccc2C)cc(NN)n1. The molecule has 0 aliphatic heterocycles. The van der Waals surface area contributed by atoms with Crippen molar-refractivity contribution in [2.24, 2.45) is 5.84 Å². The van der Waals surface area contributed by atoms with E-state index in [0.717, 1.165) is 17.0 Å². The Hall–Kier alpha value is -2.47. The van der Waals surface area contributed by atoms with Gasteiger partial charge in [-0.1, -0.05) is 6.07 Å². The average Bonchev–Trinajstić information content (AvgIpc) is 2.45. The number of hydrogen-bond donors (Lipinski definition) is 3. The molecule has 0 aliphatic carbocycles. The van der Waals surface area contributed by atoms with Crippen LogP contribution in [-0.2, 0) is 6.54 Å². The van der Waals surface area contributed by atoms with Crippen LogP contribution in [0.4, 0.5) is 5.82 Å². The minimum Gasteiger partial charge on any atom is -0.346 e. The maximum absolute atomic E-state index is 12.1. The number of aromatic nitrogens is 2. The van der Waals surface area contributed by atoms with Gasteiger partial charge in [0.1, 0.15) is 5.82 Å². The number of nitrogens with zero attached hydrogens (tertiary/aromatic N) is 2. The van der Waals surface area contributed by atoms with Crippen LogP contribution in [-0.4, -0.2) is 15.9 Å². The molecule has 1 amide bonds. The number of pyridine rings is 2. The lowest BCUT2D eigenvalue weighted by atomic mass is 10.2. The monoisotopic (exact) mass is 271 g/mol. The number of nitrogen functional groups attached to an aromatic ring is 1. The topological polar surface area (TPSA) is 92.9 Å². The Bertz CT molecular complexity index is 627. The molecule has 0 aliphatic rings. The third-order valence-electron chi connectivity index (χ3n) is 2.90. The van der Waals surface area contributed by atoms with E-state index in [0.29, 0.717) is 17.9 Å². The van der Waals surface area contributed by atoms with Gasteiger partial charge in [-0.05, 0) is 37.6 Å². The third kappa shape index (κ3) is 3.30. The van der Waals surface area contributed by atoms with Crippen LogP contribution < -0.4 is 16.6 Å². The molecule has 0 bridgehead atoms. The maximum Gasteiger partial charge on any atom is 0.251 e. The molecule has 0 radical (unpaired) electrons. The Kier molecular flexibility index (Phi) is 4.27. The van der Waals surface area contributed by atoms with Gasteiger partial charge in [-0.3, -0.25) is 9.78 Å². The van der Waals surface area contributed by atoms with Gasteiger partial charge < -0.3 is 10.7 Å². The first-order valence-electron chi connectivity index (χ1n) is 6.24. The highest BCUT2D eigenvalue weighted by molar-refractivity contribution is 5.94. The summed E-state index contributed by atoms with van der Waals surface area (Å²) in [5.41, 5.74) is 5.57. The number of hydrazine groups is 1. The van der Waals surface area contributed by atoms with Gasteiger partial charge in [0.25, 0.3) is 5.91 Å². The fourth-order valence-electron chi connectivity index (χ4n) is 1.84. The van der Waals surface area contributed by atoms with Crippen LogP contribution in [0.15, 0.2) is 30.5 Å². The summed E-state index contributed by atoms with van der Waals surface area (Å²) in [6, 6.07) is 7.14. The van der Waals surface area contributed by atoms with Crippen LogP contribution in [0.2, 0.25) is 0 Å². The zero-order valence-electron chi connectivity index (χ0n) is 11.5. The highest BCUT2D eigenvalue weighted by atomic mass is 16.1. The minimum absolute atomic E-state index is 0.183. The Balaban J connectivity index is 2.09. The number of amides is 1. The summed E-state index contributed by atoms with van der Waals surface area (Å²) in [6.45, 7) is 4.15. The van der Waals surface area contributed by atoms with Gasteiger partial charge >= 0.3 is 0 Å². The van der Waals surface area contributed by atoms with E-state index >= 15 is 0 Å². The predicted octanol–water partition coefficient (Wildman–Crippen LogP) is 1.31. The summed E-state index contributed by atoms with van der Waals surface area (Å²) in [7, 11) is 0. The molecule has 0 saturated carbocycles. The highest BCUT2D eigenvalue weighted by Gasteiger charge is 2.09. The first kappa shape index (κ1) is 14.0. The van der Waals surface area contributed by atoms with E-state index in [1.807, 2.05) is 19.1 Å². The fraction of sp³-hybridized carbons (Fsp3) is 0.214. The van der Waals surface area contributed by atoms with E-state index in [2.05, 4.69) is 20.7 Å². The number of nitrogens with one attached hydrogen (secondary N) is 2. The molecule has 6 heteroatoms. The van der Waals surface area contributed by atoms with E-state index < -0.39 is 0 Å². The first-order chi connectivity index (χ1) is 9.60. The summed E-state index contributed by atoms with van der Waals surface area (Å²) in [5.74, 6) is 5.60. The largest absolute Gasteiger partial charge is 0.346 e. The molecule has 0 spiro atoms. The number of anilines is 1. The van der Waals surface area contributed by atoms with Crippen molar-refractivity contribution in [1.82, 2.24) is 15.3 Å². The lowest BCUT2D eigenvalue weighted by molar-refractivity contribution is 0.0950. The second kappa shape index (κ2) is 6.12. The second-order valence-electron chi connectivity index (χ2n) is 4.48. The van der Waals surface area contributed by atoms with Crippen LogP contribution in [0.1, 0.15) is 27.3 Å². The molecule has 0 aromatic carbocycles. The number of carbonyl (C=O) groups is 1. The van der Waals surface area contributed by atoms with Gasteiger partial charge in [0.05, 0.1) is 12.2 Å². The van der Waals surface area contributed by atoms with Crippen molar-refractivity contribution in [2.75, 3.05) is 5.43 Å². The number of carbonyl (C=O) groups excluding carboxylic acids is 1. The molecule has 2 aromatic heterocycles. The summed E-state index contributed by atoms with van der Waals surface area (Å²) >= 11 is 0. The normalized spacial score (nSPS) is 10.2. The quantitative estimate of drug-likeness (QED) is 0.576. The molecule has 2 aromatic rings. The summed E-state index contributed by atoms with van der Waals surface area (Å²) in [6.07, 6.45) is 1.71. The Morgan fingerprint density at radius 3 is 2.85 bits per heavy atom. The highest BCUT2D eigenvalue weighted by Crippen LogP contribution is 2.09. The summed E-state index contributed by atoms with van der Waals surface area (Å²) < 4.78 is 0. The number of aryl methyl sites for hydroxylation is 2. The molecular weight excluding hydrogens is 254 g/mol. The van der Waals surface area contributed by atoms with Crippen molar-refractivity contribution in [3.8, 4) is 0 Å². The van der Waals surface area contributed by atoms with Gasteiger partial charge in [0, 0.05) is 17.5 Å². The van der Waals surface area contributed by atoms with Crippen LogP contribution in [0.5, 0.6) is 0 Å². The molecule has 0 unspecified atom stereocenters. The van der Waals surface area contributed by atoms with Crippen LogP contribution in [0.25, 0.3) is 0 Å². The number of rotatable bonds is 4. The standard InChI is InChI=1S/C14H17N5O/c1-9-4-3-5-16-12(9)8-17-14(20)11-6-10(2)18-13(7-11)19-15/h3-7H,8,15H2,1-2H3,(H,17,20)(H,18,19). The molecule has 2 heterocycles. The van der Waals surface area contributed by atoms with Crippen molar-refractivity contribution in [3.63, 3.8) is 0 Å². The van der Waals surface area contributed by atoms with Gasteiger partial charge in [-0.2, -0.15) is 0 Å². The molecule has 4 N–H and O–H groups in total.